The van der Waals surface area contributed by atoms with Crippen molar-refractivity contribution < 1.29 is 13.6 Å². The van der Waals surface area contributed by atoms with E-state index in [4.69, 9.17) is 0 Å². The summed E-state index contributed by atoms with van der Waals surface area (Å²) in [6, 6.07) is 11.3. The number of hydrogen-bond acceptors (Lipinski definition) is 2. The van der Waals surface area contributed by atoms with Crippen LogP contribution in [0.5, 0.6) is 0 Å². The van der Waals surface area contributed by atoms with Crippen molar-refractivity contribution in [2.75, 3.05) is 25.5 Å². The first-order chi connectivity index (χ1) is 10.5. The van der Waals surface area contributed by atoms with Gasteiger partial charge in [-0.15, -0.1) is 0 Å². The first kappa shape index (κ1) is 15.9. The number of anilines is 1. The molecule has 2 aromatic carbocycles. The zero-order valence-corrected chi connectivity index (χ0v) is 12.6. The second-order valence-electron chi connectivity index (χ2n) is 5.16. The second-order valence-corrected chi connectivity index (χ2v) is 5.16. The minimum absolute atomic E-state index is 0.313. The second kappa shape index (κ2) is 7.02. The minimum atomic E-state index is -0.854. The van der Waals surface area contributed by atoms with Crippen molar-refractivity contribution in [1.82, 2.24) is 5.32 Å². The number of amides is 1. The van der Waals surface area contributed by atoms with Crippen LogP contribution in [0.25, 0.3) is 0 Å². The highest BCUT2D eigenvalue weighted by atomic mass is 19.1. The van der Waals surface area contributed by atoms with Crippen LogP contribution in [0.1, 0.15) is 15.9 Å². The molecule has 0 heterocycles. The van der Waals surface area contributed by atoms with E-state index in [1.165, 1.54) is 6.07 Å². The fourth-order valence-electron chi connectivity index (χ4n) is 2.08. The predicted octanol–water partition coefficient (Wildman–Crippen LogP) is 3.00. The number of nitrogens with one attached hydrogen (secondary N) is 1. The SMILES string of the molecule is CN(C)c1ccc(CCNC(=O)c2c(F)cccc2F)cc1. The molecule has 1 N–H and O–H groups in total. The number of hydrogen-bond donors (Lipinski definition) is 1. The van der Waals surface area contributed by atoms with Gasteiger partial charge in [-0.05, 0) is 36.2 Å². The highest BCUT2D eigenvalue weighted by Gasteiger charge is 2.16. The Kier molecular flexibility index (Phi) is 5.09. The topological polar surface area (TPSA) is 32.3 Å². The van der Waals surface area contributed by atoms with Crippen molar-refractivity contribution in [3.05, 3.63) is 65.2 Å². The van der Waals surface area contributed by atoms with Gasteiger partial charge in [0.2, 0.25) is 0 Å². The monoisotopic (exact) mass is 304 g/mol. The van der Waals surface area contributed by atoms with Crippen LogP contribution in [0.4, 0.5) is 14.5 Å². The Morgan fingerprint density at radius 2 is 1.64 bits per heavy atom. The van der Waals surface area contributed by atoms with Gasteiger partial charge in [0.1, 0.15) is 17.2 Å². The molecule has 0 unspecified atom stereocenters. The maximum absolute atomic E-state index is 13.5. The molecule has 2 aromatic rings. The molecule has 22 heavy (non-hydrogen) atoms. The summed E-state index contributed by atoms with van der Waals surface area (Å²) in [6.07, 6.45) is 0.593. The minimum Gasteiger partial charge on any atom is -0.378 e. The van der Waals surface area contributed by atoms with Crippen molar-refractivity contribution in [3.63, 3.8) is 0 Å². The molecule has 116 valence electrons. The van der Waals surface area contributed by atoms with Crippen molar-refractivity contribution in [3.8, 4) is 0 Å². The summed E-state index contributed by atoms with van der Waals surface area (Å²) in [5, 5.41) is 2.54. The molecule has 0 saturated carbocycles. The number of rotatable bonds is 5. The van der Waals surface area contributed by atoms with Crippen LogP contribution in [0.2, 0.25) is 0 Å². The van der Waals surface area contributed by atoms with Crippen LogP contribution in [0, 0.1) is 11.6 Å². The molecule has 0 atom stereocenters. The molecule has 1 amide bonds. The molecule has 0 aliphatic heterocycles. The Hall–Kier alpha value is -2.43. The normalized spacial score (nSPS) is 10.4. The van der Waals surface area contributed by atoms with Crippen LogP contribution in [0.15, 0.2) is 42.5 Å². The van der Waals surface area contributed by atoms with Gasteiger partial charge >= 0.3 is 0 Å². The van der Waals surface area contributed by atoms with Gasteiger partial charge in [0.15, 0.2) is 0 Å². The molecule has 0 radical (unpaired) electrons. The average molecular weight is 304 g/mol. The van der Waals surface area contributed by atoms with Gasteiger partial charge < -0.3 is 10.2 Å². The van der Waals surface area contributed by atoms with Gasteiger partial charge in [0.25, 0.3) is 5.91 Å². The Morgan fingerprint density at radius 3 is 2.18 bits per heavy atom. The molecule has 0 fully saturated rings. The van der Waals surface area contributed by atoms with Gasteiger partial charge in [-0.25, -0.2) is 8.78 Å². The van der Waals surface area contributed by atoms with E-state index in [9.17, 15) is 13.6 Å². The zero-order chi connectivity index (χ0) is 16.1. The van der Waals surface area contributed by atoms with Crippen LogP contribution in [-0.4, -0.2) is 26.5 Å². The summed E-state index contributed by atoms with van der Waals surface area (Å²) in [5.74, 6) is -2.44. The van der Waals surface area contributed by atoms with E-state index in [-0.39, 0.29) is 0 Å². The van der Waals surface area contributed by atoms with Crippen molar-refractivity contribution in [1.29, 1.82) is 0 Å². The number of nitrogens with zero attached hydrogens (tertiary/aromatic N) is 1. The Balaban J connectivity index is 1.92. The third-order valence-corrected chi connectivity index (χ3v) is 3.34. The first-order valence-electron chi connectivity index (χ1n) is 6.97. The van der Waals surface area contributed by atoms with Gasteiger partial charge in [-0.2, -0.15) is 0 Å². The van der Waals surface area contributed by atoms with Gasteiger partial charge in [-0.3, -0.25) is 4.79 Å². The third-order valence-electron chi connectivity index (χ3n) is 3.34. The van der Waals surface area contributed by atoms with Crippen LogP contribution in [-0.2, 0) is 6.42 Å². The van der Waals surface area contributed by atoms with Gasteiger partial charge in [0.05, 0.1) is 0 Å². The maximum atomic E-state index is 13.5. The lowest BCUT2D eigenvalue weighted by atomic mass is 10.1. The van der Waals surface area contributed by atoms with E-state index in [2.05, 4.69) is 5.32 Å². The third kappa shape index (κ3) is 3.81. The lowest BCUT2D eigenvalue weighted by molar-refractivity contribution is 0.0945. The highest BCUT2D eigenvalue weighted by Crippen LogP contribution is 2.13. The van der Waals surface area contributed by atoms with E-state index in [0.29, 0.717) is 13.0 Å². The number of carbonyl (C=O) groups excluding carboxylic acids is 1. The van der Waals surface area contributed by atoms with Crippen LogP contribution >= 0.6 is 0 Å². The summed E-state index contributed by atoms with van der Waals surface area (Å²) >= 11 is 0. The zero-order valence-electron chi connectivity index (χ0n) is 12.6. The van der Waals surface area contributed by atoms with E-state index in [1.54, 1.807) is 0 Å². The summed E-state index contributed by atoms with van der Waals surface area (Å²) in [6.45, 7) is 0.313. The number of halogens is 2. The predicted molar refractivity (Wildman–Crippen MR) is 83.2 cm³/mol. The average Bonchev–Trinajstić information content (AvgIpc) is 2.47. The summed E-state index contributed by atoms with van der Waals surface area (Å²) in [7, 11) is 3.91. The Bertz CT molecular complexity index is 634. The number of carbonyl (C=O) groups is 1. The lowest BCUT2D eigenvalue weighted by Crippen LogP contribution is -2.27. The Morgan fingerprint density at radius 1 is 1.05 bits per heavy atom. The van der Waals surface area contributed by atoms with Crippen molar-refractivity contribution in [2.45, 2.75) is 6.42 Å². The van der Waals surface area contributed by atoms with Gasteiger partial charge in [0, 0.05) is 26.3 Å². The van der Waals surface area contributed by atoms with Crippen LogP contribution < -0.4 is 10.2 Å². The summed E-state index contributed by atoms with van der Waals surface area (Å²) in [4.78, 5) is 13.8. The maximum Gasteiger partial charge on any atom is 0.257 e. The molecule has 0 aliphatic rings. The molecular formula is C17H18F2N2O. The highest BCUT2D eigenvalue weighted by molar-refractivity contribution is 5.94. The molecule has 0 aromatic heterocycles. The van der Waals surface area contributed by atoms with Crippen LogP contribution in [0.3, 0.4) is 0 Å². The number of benzene rings is 2. The molecule has 5 heteroatoms. The molecule has 0 saturated heterocycles. The molecule has 3 nitrogen and oxygen atoms in total. The summed E-state index contributed by atoms with van der Waals surface area (Å²) in [5.41, 5.74) is 1.59. The Labute approximate surface area is 128 Å². The molecule has 0 bridgehead atoms. The molecule has 0 spiro atoms. The van der Waals surface area contributed by atoms with E-state index in [0.717, 1.165) is 23.4 Å². The van der Waals surface area contributed by atoms with E-state index >= 15 is 0 Å². The summed E-state index contributed by atoms with van der Waals surface area (Å²) < 4.78 is 26.9. The van der Waals surface area contributed by atoms with Gasteiger partial charge in [-0.1, -0.05) is 18.2 Å². The first-order valence-corrected chi connectivity index (χ1v) is 6.97. The van der Waals surface area contributed by atoms with Crippen molar-refractivity contribution in [2.24, 2.45) is 0 Å². The fourth-order valence-corrected chi connectivity index (χ4v) is 2.08. The lowest BCUT2D eigenvalue weighted by Gasteiger charge is -2.12. The van der Waals surface area contributed by atoms with E-state index < -0.39 is 23.1 Å². The quantitative estimate of drug-likeness (QED) is 0.921. The standard InChI is InChI=1S/C17H18F2N2O/c1-21(2)13-8-6-12(7-9-13)10-11-20-17(22)16-14(18)4-3-5-15(16)19/h3-9H,10-11H2,1-2H3,(H,20,22). The van der Waals surface area contributed by atoms with E-state index in [1.807, 2.05) is 43.3 Å². The largest absolute Gasteiger partial charge is 0.378 e. The molecule has 2 rings (SSSR count). The van der Waals surface area contributed by atoms with Crippen molar-refractivity contribution >= 4 is 11.6 Å². The molecule has 0 aliphatic carbocycles. The smallest absolute Gasteiger partial charge is 0.257 e. The fraction of sp³-hybridized carbons (Fsp3) is 0.235. The molecular weight excluding hydrogens is 286 g/mol.